The molecule has 2 aliphatic rings. The zero-order valence-electron chi connectivity index (χ0n) is 12.2. The van der Waals surface area contributed by atoms with Crippen LogP contribution in [-0.2, 0) is 9.47 Å². The van der Waals surface area contributed by atoms with Crippen molar-refractivity contribution in [1.29, 1.82) is 0 Å². The fourth-order valence-corrected chi connectivity index (χ4v) is 3.29. The van der Waals surface area contributed by atoms with Crippen molar-refractivity contribution in [2.75, 3.05) is 20.3 Å². The van der Waals surface area contributed by atoms with Gasteiger partial charge in [0.05, 0.1) is 18.8 Å². The Bertz CT molecular complexity index is 336. The van der Waals surface area contributed by atoms with Gasteiger partial charge in [0.2, 0.25) is 0 Å². The highest BCUT2D eigenvalue weighted by molar-refractivity contribution is 14.0. The van der Waals surface area contributed by atoms with Crippen molar-refractivity contribution < 1.29 is 9.47 Å². The summed E-state index contributed by atoms with van der Waals surface area (Å²) in [6.45, 7) is 7.93. The zero-order chi connectivity index (χ0) is 13.3. The Morgan fingerprint density at radius 3 is 2.89 bits per heavy atom. The fraction of sp³-hybridized carbons (Fsp3) is 0.923. The number of nitrogens with one attached hydrogen (secondary N) is 1. The van der Waals surface area contributed by atoms with Crippen molar-refractivity contribution in [3.8, 4) is 0 Å². The molecule has 2 rings (SSSR count). The van der Waals surface area contributed by atoms with Crippen LogP contribution in [-0.4, -0.2) is 44.5 Å². The maximum atomic E-state index is 5.96. The first kappa shape index (κ1) is 17.0. The van der Waals surface area contributed by atoms with Gasteiger partial charge in [0.15, 0.2) is 5.96 Å². The minimum Gasteiger partial charge on any atom is -0.383 e. The standard InChI is InChI=1S/C13H25N3O2.HI/c1-8(7-17-4)15-12(14)16-10-9-5-6-18-11(9)13(10,2)3;/h8-11H,5-7H2,1-4H3,(H3,14,15,16);1H. The second kappa shape index (κ2) is 6.58. The molecule has 1 saturated heterocycles. The Morgan fingerprint density at radius 2 is 2.26 bits per heavy atom. The molecule has 0 aromatic heterocycles. The summed E-state index contributed by atoms with van der Waals surface area (Å²) in [6, 6.07) is 0.449. The van der Waals surface area contributed by atoms with E-state index >= 15 is 0 Å². The molecule has 112 valence electrons. The molecule has 1 saturated carbocycles. The van der Waals surface area contributed by atoms with E-state index in [-0.39, 0.29) is 41.5 Å². The molecule has 0 radical (unpaired) electrons. The summed E-state index contributed by atoms with van der Waals surface area (Å²) < 4.78 is 10.8. The van der Waals surface area contributed by atoms with Crippen LogP contribution in [0.4, 0.5) is 0 Å². The van der Waals surface area contributed by atoms with Gasteiger partial charge in [-0.2, -0.15) is 0 Å². The topological polar surface area (TPSA) is 68.9 Å². The predicted octanol–water partition coefficient (Wildman–Crippen LogP) is 1.36. The first-order valence-electron chi connectivity index (χ1n) is 6.67. The number of rotatable bonds is 4. The smallest absolute Gasteiger partial charge is 0.189 e. The first-order chi connectivity index (χ1) is 8.46. The van der Waals surface area contributed by atoms with E-state index in [1.54, 1.807) is 7.11 Å². The molecule has 3 N–H and O–H groups in total. The molecule has 19 heavy (non-hydrogen) atoms. The van der Waals surface area contributed by atoms with E-state index in [1.165, 1.54) is 0 Å². The lowest BCUT2D eigenvalue weighted by molar-refractivity contribution is -0.0986. The summed E-state index contributed by atoms with van der Waals surface area (Å²) >= 11 is 0. The van der Waals surface area contributed by atoms with Gasteiger partial charge in [0, 0.05) is 31.1 Å². The number of nitrogens with two attached hydrogens (primary N) is 1. The number of hydrogen-bond acceptors (Lipinski definition) is 3. The van der Waals surface area contributed by atoms with Gasteiger partial charge in [0.1, 0.15) is 0 Å². The van der Waals surface area contributed by atoms with Crippen LogP contribution in [0.1, 0.15) is 27.2 Å². The average molecular weight is 383 g/mol. The van der Waals surface area contributed by atoms with Gasteiger partial charge in [-0.3, -0.25) is 0 Å². The number of fused-ring (bicyclic) bond motifs is 1. The number of ether oxygens (including phenoxy) is 2. The Hall–Kier alpha value is -0.0800. The van der Waals surface area contributed by atoms with Crippen LogP contribution in [0, 0.1) is 11.3 Å². The van der Waals surface area contributed by atoms with Gasteiger partial charge in [0.25, 0.3) is 0 Å². The highest BCUT2D eigenvalue weighted by Gasteiger charge is 2.59. The SMILES string of the molecule is COCC(C)NC(N)=NC1C2CCOC2C1(C)C.I. The molecule has 4 atom stereocenters. The largest absolute Gasteiger partial charge is 0.383 e. The first-order valence-corrected chi connectivity index (χ1v) is 6.67. The molecule has 6 heteroatoms. The van der Waals surface area contributed by atoms with Crippen LogP contribution in [0.25, 0.3) is 0 Å². The third-order valence-corrected chi connectivity index (χ3v) is 4.13. The van der Waals surface area contributed by atoms with E-state index in [9.17, 15) is 0 Å². The lowest BCUT2D eigenvalue weighted by atomic mass is 9.57. The number of hydrogen-bond donors (Lipinski definition) is 2. The molecule has 5 nitrogen and oxygen atoms in total. The molecule has 2 fully saturated rings. The molecule has 1 aliphatic carbocycles. The van der Waals surface area contributed by atoms with Crippen LogP contribution in [0.2, 0.25) is 0 Å². The molecule has 0 aromatic carbocycles. The van der Waals surface area contributed by atoms with Crippen molar-refractivity contribution in [3.63, 3.8) is 0 Å². The van der Waals surface area contributed by atoms with Gasteiger partial charge in [-0.25, -0.2) is 4.99 Å². The van der Waals surface area contributed by atoms with Crippen molar-refractivity contribution in [2.45, 2.75) is 45.4 Å². The lowest BCUT2D eigenvalue weighted by Crippen LogP contribution is -2.60. The summed E-state index contributed by atoms with van der Waals surface area (Å²) in [5, 5.41) is 3.16. The van der Waals surface area contributed by atoms with E-state index in [0.29, 0.717) is 24.6 Å². The van der Waals surface area contributed by atoms with Crippen LogP contribution in [0.5, 0.6) is 0 Å². The number of methoxy groups -OCH3 is 1. The predicted molar refractivity (Wildman–Crippen MR) is 86.9 cm³/mol. The Kier molecular flexibility index (Phi) is 5.88. The number of halogens is 1. The third-order valence-electron chi connectivity index (χ3n) is 4.13. The second-order valence-corrected chi connectivity index (χ2v) is 6.03. The van der Waals surface area contributed by atoms with Gasteiger partial charge in [-0.05, 0) is 13.3 Å². The molecule has 4 unspecified atom stereocenters. The monoisotopic (exact) mass is 383 g/mol. The minimum atomic E-state index is 0. The van der Waals surface area contributed by atoms with Gasteiger partial charge in [-0.1, -0.05) is 13.8 Å². The highest BCUT2D eigenvalue weighted by Crippen LogP contribution is 2.53. The van der Waals surface area contributed by atoms with Crippen LogP contribution in [0.3, 0.4) is 0 Å². The average Bonchev–Trinajstić information content (AvgIpc) is 2.72. The molecule has 1 heterocycles. The summed E-state index contributed by atoms with van der Waals surface area (Å²) in [4.78, 5) is 4.65. The molecular formula is C13H26IN3O2. The van der Waals surface area contributed by atoms with Crippen molar-refractivity contribution >= 4 is 29.9 Å². The minimum absolute atomic E-state index is 0. The normalized spacial score (nSPS) is 33.9. The summed E-state index contributed by atoms with van der Waals surface area (Å²) in [7, 11) is 1.68. The molecular weight excluding hydrogens is 357 g/mol. The van der Waals surface area contributed by atoms with E-state index in [1.807, 2.05) is 6.92 Å². The number of guanidine groups is 1. The van der Waals surface area contributed by atoms with E-state index < -0.39 is 0 Å². The van der Waals surface area contributed by atoms with Crippen molar-refractivity contribution in [1.82, 2.24) is 5.32 Å². The fourth-order valence-electron chi connectivity index (χ4n) is 3.29. The Labute approximate surface area is 132 Å². The van der Waals surface area contributed by atoms with Gasteiger partial charge >= 0.3 is 0 Å². The highest BCUT2D eigenvalue weighted by atomic mass is 127. The Morgan fingerprint density at radius 1 is 1.58 bits per heavy atom. The number of nitrogens with zero attached hydrogens (tertiary/aromatic N) is 1. The summed E-state index contributed by atoms with van der Waals surface area (Å²) in [6.07, 6.45) is 1.46. The quantitative estimate of drug-likeness (QED) is 0.437. The maximum absolute atomic E-state index is 5.96. The molecule has 0 spiro atoms. The van der Waals surface area contributed by atoms with E-state index in [2.05, 4.69) is 24.2 Å². The van der Waals surface area contributed by atoms with Crippen molar-refractivity contribution in [3.05, 3.63) is 0 Å². The third kappa shape index (κ3) is 3.33. The molecule has 0 amide bonds. The summed E-state index contributed by atoms with van der Waals surface area (Å²) in [5.41, 5.74) is 6.06. The Balaban J connectivity index is 0.00000180. The van der Waals surface area contributed by atoms with E-state index in [4.69, 9.17) is 15.2 Å². The van der Waals surface area contributed by atoms with Crippen molar-refractivity contribution in [2.24, 2.45) is 22.1 Å². The summed E-state index contributed by atoms with van der Waals surface area (Å²) in [5.74, 6) is 1.06. The van der Waals surface area contributed by atoms with Crippen LogP contribution in [0.15, 0.2) is 4.99 Å². The lowest BCUT2D eigenvalue weighted by Gasteiger charge is -2.52. The van der Waals surface area contributed by atoms with Crippen LogP contribution >= 0.6 is 24.0 Å². The molecule has 0 bridgehead atoms. The molecule has 1 aliphatic heterocycles. The maximum Gasteiger partial charge on any atom is 0.189 e. The zero-order valence-corrected chi connectivity index (χ0v) is 14.5. The van der Waals surface area contributed by atoms with Gasteiger partial charge in [-0.15, -0.1) is 24.0 Å². The number of aliphatic imine (C=N–C) groups is 1. The molecule has 0 aromatic rings. The van der Waals surface area contributed by atoms with Crippen LogP contribution < -0.4 is 11.1 Å². The van der Waals surface area contributed by atoms with Gasteiger partial charge < -0.3 is 20.5 Å². The van der Waals surface area contributed by atoms with E-state index in [0.717, 1.165) is 13.0 Å². The second-order valence-electron chi connectivity index (χ2n) is 6.03.